The van der Waals surface area contributed by atoms with Crippen LogP contribution < -0.4 is 9.80 Å². The summed E-state index contributed by atoms with van der Waals surface area (Å²) in [7, 11) is 0. The molecule has 276 valence electrons. The molecule has 58 heavy (non-hydrogen) atoms. The van der Waals surface area contributed by atoms with Crippen LogP contribution in [0.1, 0.15) is 0 Å². The highest BCUT2D eigenvalue weighted by atomic mass is 32.1. The van der Waals surface area contributed by atoms with Crippen molar-refractivity contribution in [3.05, 3.63) is 231 Å². The van der Waals surface area contributed by atoms with E-state index >= 15 is 0 Å². The van der Waals surface area contributed by atoms with Crippen molar-refractivity contribution < 1.29 is 0 Å². The van der Waals surface area contributed by atoms with E-state index in [1.807, 2.05) is 22.7 Å². The Morgan fingerprint density at radius 3 is 0.828 bits per heavy atom. The van der Waals surface area contributed by atoms with Crippen LogP contribution >= 0.6 is 22.7 Å². The zero-order chi connectivity index (χ0) is 38.7. The molecule has 0 N–H and O–H groups in total. The lowest BCUT2D eigenvalue weighted by molar-refractivity contribution is 1.29. The van der Waals surface area contributed by atoms with Crippen LogP contribution in [0.2, 0.25) is 0 Å². The third-order valence-corrected chi connectivity index (χ3v) is 13.1. The normalized spacial score (nSPS) is 11.1. The molecule has 10 aromatic rings. The highest BCUT2D eigenvalue weighted by molar-refractivity contribution is 7.33. The third kappa shape index (κ3) is 6.58. The lowest BCUT2D eigenvalue weighted by Gasteiger charge is -2.28. The molecule has 0 aliphatic rings. The maximum Gasteiger partial charge on any atom is 0.0548 e. The van der Waals surface area contributed by atoms with Gasteiger partial charge in [0.1, 0.15) is 0 Å². The minimum absolute atomic E-state index is 1.12. The highest BCUT2D eigenvalue weighted by Crippen LogP contribution is 2.58. The first kappa shape index (κ1) is 35.4. The van der Waals surface area contributed by atoms with Crippen LogP contribution in [0, 0.1) is 0 Å². The Balaban J connectivity index is 1.26. The fourth-order valence-electron chi connectivity index (χ4n) is 7.93. The van der Waals surface area contributed by atoms with Gasteiger partial charge in [0.15, 0.2) is 0 Å². The average molecular weight is 779 g/mol. The summed E-state index contributed by atoms with van der Waals surface area (Å²) >= 11 is 3.82. The largest absolute Gasteiger partial charge is 0.310 e. The summed E-state index contributed by atoms with van der Waals surface area (Å²) in [6.45, 7) is 0. The predicted molar refractivity (Wildman–Crippen MR) is 251 cm³/mol. The van der Waals surface area contributed by atoms with E-state index in [9.17, 15) is 0 Å². The summed E-state index contributed by atoms with van der Waals surface area (Å²) in [5, 5.41) is 0. The van der Waals surface area contributed by atoms with Crippen LogP contribution in [0.25, 0.3) is 52.5 Å². The van der Waals surface area contributed by atoms with Crippen LogP contribution in [0.15, 0.2) is 231 Å². The summed E-state index contributed by atoms with van der Waals surface area (Å²) in [5.41, 5.74) is 14.1. The number of rotatable bonds is 10. The Hall–Kier alpha value is -6.98. The Morgan fingerprint density at radius 1 is 0.259 bits per heavy atom. The molecule has 0 saturated carbocycles. The van der Waals surface area contributed by atoms with Gasteiger partial charge in [-0.1, -0.05) is 170 Å². The number of benzene rings is 8. The van der Waals surface area contributed by atoms with Crippen molar-refractivity contribution >= 4 is 66.2 Å². The van der Waals surface area contributed by atoms with Crippen molar-refractivity contribution in [1.29, 1.82) is 0 Å². The minimum Gasteiger partial charge on any atom is -0.310 e. The van der Waals surface area contributed by atoms with Gasteiger partial charge in [-0.15, -0.1) is 22.7 Å². The van der Waals surface area contributed by atoms with E-state index in [1.54, 1.807) is 0 Å². The topological polar surface area (TPSA) is 6.48 Å². The molecule has 0 spiro atoms. The number of nitrogens with zero attached hydrogens (tertiary/aromatic N) is 2. The van der Waals surface area contributed by atoms with Gasteiger partial charge in [0.05, 0.1) is 20.8 Å². The van der Waals surface area contributed by atoms with Crippen molar-refractivity contribution in [2.45, 2.75) is 0 Å². The van der Waals surface area contributed by atoms with Gasteiger partial charge in [-0.2, -0.15) is 0 Å². The molecule has 0 amide bonds. The molecule has 2 heterocycles. The first-order valence-electron chi connectivity index (χ1n) is 19.5. The number of fused-ring (bicyclic) bond motifs is 1. The molecule has 0 unspecified atom stereocenters. The van der Waals surface area contributed by atoms with Gasteiger partial charge in [0, 0.05) is 54.8 Å². The first-order chi connectivity index (χ1) is 28.8. The molecular weight excluding hydrogens is 741 g/mol. The lowest BCUT2D eigenvalue weighted by atomic mass is 9.98. The second-order valence-corrected chi connectivity index (χ2v) is 16.1. The molecule has 0 fully saturated rings. The second-order valence-electron chi connectivity index (χ2n) is 14.0. The number of para-hydroxylation sites is 6. The summed E-state index contributed by atoms with van der Waals surface area (Å²) < 4.78 is 2.59. The molecule has 8 aromatic carbocycles. The quantitative estimate of drug-likeness (QED) is 0.136. The molecule has 0 atom stereocenters. The minimum atomic E-state index is 1.12. The number of thiophene rings is 2. The van der Waals surface area contributed by atoms with Crippen LogP contribution in [-0.4, -0.2) is 0 Å². The lowest BCUT2D eigenvalue weighted by Crippen LogP contribution is -2.10. The van der Waals surface area contributed by atoms with E-state index in [-0.39, 0.29) is 0 Å². The fourth-order valence-corrected chi connectivity index (χ4v) is 11.0. The predicted octanol–water partition coefficient (Wildman–Crippen LogP) is 16.6. The number of hydrogen-bond donors (Lipinski definition) is 0. The van der Waals surface area contributed by atoms with Gasteiger partial charge < -0.3 is 9.80 Å². The van der Waals surface area contributed by atoms with Gasteiger partial charge in [-0.3, -0.25) is 0 Å². The average Bonchev–Trinajstić information content (AvgIpc) is 3.86. The van der Waals surface area contributed by atoms with Crippen LogP contribution in [0.4, 0.5) is 34.1 Å². The van der Waals surface area contributed by atoms with Crippen LogP contribution in [0.5, 0.6) is 0 Å². The summed E-state index contributed by atoms with van der Waals surface area (Å²) in [6.07, 6.45) is 0. The van der Waals surface area contributed by atoms with E-state index in [2.05, 4.69) is 240 Å². The third-order valence-electron chi connectivity index (χ3n) is 10.5. The molecular formula is C54H38N2S2. The van der Waals surface area contributed by atoms with Gasteiger partial charge >= 0.3 is 0 Å². The molecule has 0 aliphatic carbocycles. The molecule has 2 aromatic heterocycles. The molecule has 10 rings (SSSR count). The van der Waals surface area contributed by atoms with Crippen molar-refractivity contribution in [1.82, 2.24) is 0 Å². The van der Waals surface area contributed by atoms with E-state index < -0.39 is 0 Å². The highest BCUT2D eigenvalue weighted by Gasteiger charge is 2.28. The fraction of sp³-hybridized carbons (Fsp3) is 0. The van der Waals surface area contributed by atoms with E-state index in [0.29, 0.717) is 0 Å². The number of anilines is 6. The summed E-state index contributed by atoms with van der Waals surface area (Å²) in [5.74, 6) is 0. The Bertz CT molecular complexity index is 2640. The molecule has 0 bridgehead atoms. The van der Waals surface area contributed by atoms with Crippen molar-refractivity contribution in [3.63, 3.8) is 0 Å². The van der Waals surface area contributed by atoms with Crippen LogP contribution in [-0.2, 0) is 0 Å². The molecule has 0 radical (unpaired) electrons. The molecule has 4 heteroatoms. The summed E-state index contributed by atoms with van der Waals surface area (Å²) in [4.78, 5) is 7.29. The molecule has 0 saturated heterocycles. The molecule has 0 aliphatic heterocycles. The van der Waals surface area contributed by atoms with Crippen LogP contribution in [0.3, 0.4) is 0 Å². The first-order valence-corrected chi connectivity index (χ1v) is 21.2. The smallest absolute Gasteiger partial charge is 0.0548 e. The zero-order valence-electron chi connectivity index (χ0n) is 31.7. The summed E-state index contributed by atoms with van der Waals surface area (Å²) in [6, 6.07) is 82.6. The second kappa shape index (κ2) is 15.9. The van der Waals surface area contributed by atoms with Gasteiger partial charge in [-0.25, -0.2) is 0 Å². The van der Waals surface area contributed by atoms with Gasteiger partial charge in [-0.05, 0) is 71.8 Å². The standard InChI is InChI=1S/C54H38N2S2/c1-7-23-39(24-8-1)49-51(45-35-19-21-37-47(45)55(41-27-11-3-12-28-41)42-29-13-4-14-30-42)57-54-50(40-25-9-2-10-26-40)52(58-53(49)54)46-36-20-22-38-48(46)56(43-31-15-5-16-32-43)44-33-17-6-18-34-44/h1-38H. The zero-order valence-corrected chi connectivity index (χ0v) is 33.3. The molecule has 2 nitrogen and oxygen atoms in total. The maximum absolute atomic E-state index is 2.39. The van der Waals surface area contributed by atoms with Gasteiger partial charge in [0.2, 0.25) is 0 Å². The number of hydrogen-bond acceptors (Lipinski definition) is 4. The van der Waals surface area contributed by atoms with Crippen molar-refractivity contribution in [2.75, 3.05) is 9.80 Å². The van der Waals surface area contributed by atoms with E-state index in [4.69, 9.17) is 0 Å². The van der Waals surface area contributed by atoms with Crippen molar-refractivity contribution in [3.8, 4) is 43.1 Å². The maximum atomic E-state index is 2.39. The van der Waals surface area contributed by atoms with E-state index in [1.165, 1.54) is 52.5 Å². The van der Waals surface area contributed by atoms with E-state index in [0.717, 1.165) is 34.1 Å². The Morgan fingerprint density at radius 2 is 0.517 bits per heavy atom. The Kier molecular flexibility index (Phi) is 9.70. The van der Waals surface area contributed by atoms with Crippen molar-refractivity contribution in [2.24, 2.45) is 0 Å². The Labute approximate surface area is 347 Å². The SMILES string of the molecule is c1ccc(-c2c(-c3ccccc3N(c3ccccc3)c3ccccc3)sc3c(-c4ccccc4)c(-c4ccccc4N(c4ccccc4)c4ccccc4)sc23)cc1. The monoisotopic (exact) mass is 778 g/mol. The van der Waals surface area contributed by atoms with Gasteiger partial charge in [0.25, 0.3) is 0 Å².